The summed E-state index contributed by atoms with van der Waals surface area (Å²) in [7, 11) is 0. The van der Waals surface area contributed by atoms with Crippen LogP contribution in [0.1, 0.15) is 32.1 Å². The van der Waals surface area contributed by atoms with Gasteiger partial charge in [0.25, 0.3) is 0 Å². The van der Waals surface area contributed by atoms with Gasteiger partial charge in [-0.1, -0.05) is 45.0 Å². The Bertz CT molecular complexity index is 1630. The Hall–Kier alpha value is -3.66. The van der Waals surface area contributed by atoms with Gasteiger partial charge in [-0.2, -0.15) is 0 Å². The third kappa shape index (κ3) is 2.68. The van der Waals surface area contributed by atoms with Crippen molar-refractivity contribution in [1.29, 1.82) is 0 Å². The second-order valence-electron chi connectivity index (χ2n) is 9.21. The molecular weight excluding hydrogens is 384 g/mol. The van der Waals surface area contributed by atoms with Crippen LogP contribution in [0.4, 0.5) is 0 Å². The maximum absolute atomic E-state index is 6.11. The minimum atomic E-state index is -0.00832. The molecule has 6 aromatic rings. The monoisotopic (exact) mass is 406 g/mol. The summed E-state index contributed by atoms with van der Waals surface area (Å²) in [6.45, 7) is 8.70. The molecule has 0 saturated heterocycles. The van der Waals surface area contributed by atoms with E-state index < -0.39 is 0 Å². The number of fused-ring (bicyclic) bond motifs is 6. The van der Waals surface area contributed by atoms with E-state index in [1.54, 1.807) is 6.33 Å². The molecule has 0 fully saturated rings. The van der Waals surface area contributed by atoms with E-state index in [1.165, 1.54) is 16.3 Å². The molecule has 3 heterocycles. The largest absolute Gasteiger partial charge is 0.461 e. The minimum Gasteiger partial charge on any atom is -0.461 e. The standard InChI is InChI=1S/C27H22N2O2/c1-15-11-17-9-10-21-22(25(17)30-15)23-24(28-14-29-26(23)31-21)18-12-16-7-5-6-8-19(16)20(13-18)27(2,3)4/h5-14H,1-4H3. The van der Waals surface area contributed by atoms with Crippen LogP contribution in [-0.2, 0) is 5.41 Å². The number of benzene rings is 3. The van der Waals surface area contributed by atoms with Gasteiger partial charge in [0.2, 0.25) is 5.71 Å². The number of hydrogen-bond donors (Lipinski definition) is 0. The zero-order valence-corrected chi connectivity index (χ0v) is 18.0. The van der Waals surface area contributed by atoms with Gasteiger partial charge >= 0.3 is 0 Å². The van der Waals surface area contributed by atoms with Gasteiger partial charge in [-0.15, -0.1) is 0 Å². The van der Waals surface area contributed by atoms with Crippen molar-refractivity contribution in [2.75, 3.05) is 0 Å². The Morgan fingerprint density at radius 1 is 0.806 bits per heavy atom. The van der Waals surface area contributed by atoms with Crippen LogP contribution >= 0.6 is 0 Å². The predicted molar refractivity (Wildman–Crippen MR) is 125 cm³/mol. The molecule has 3 aromatic carbocycles. The lowest BCUT2D eigenvalue weighted by Crippen LogP contribution is -2.12. The normalized spacial score (nSPS) is 12.5. The van der Waals surface area contributed by atoms with Crippen LogP contribution in [0.25, 0.3) is 55.1 Å². The summed E-state index contributed by atoms with van der Waals surface area (Å²) in [6, 6.07) is 19.1. The van der Waals surface area contributed by atoms with E-state index in [0.717, 1.165) is 44.3 Å². The fourth-order valence-electron chi connectivity index (χ4n) is 4.60. The van der Waals surface area contributed by atoms with Gasteiger partial charge in [0.05, 0.1) is 16.5 Å². The van der Waals surface area contributed by atoms with E-state index in [9.17, 15) is 0 Å². The second kappa shape index (κ2) is 6.17. The van der Waals surface area contributed by atoms with E-state index in [1.807, 2.05) is 25.1 Å². The Labute approximate surface area is 179 Å². The summed E-state index contributed by atoms with van der Waals surface area (Å²) in [5.41, 5.74) is 5.36. The quantitative estimate of drug-likeness (QED) is 0.283. The third-order valence-corrected chi connectivity index (χ3v) is 5.98. The number of aromatic nitrogens is 2. The van der Waals surface area contributed by atoms with Crippen LogP contribution in [0.2, 0.25) is 0 Å². The van der Waals surface area contributed by atoms with E-state index in [0.29, 0.717) is 5.71 Å². The Morgan fingerprint density at radius 2 is 1.65 bits per heavy atom. The molecule has 0 aliphatic heterocycles. The Morgan fingerprint density at radius 3 is 2.48 bits per heavy atom. The summed E-state index contributed by atoms with van der Waals surface area (Å²) < 4.78 is 12.2. The molecule has 31 heavy (non-hydrogen) atoms. The highest BCUT2D eigenvalue weighted by atomic mass is 16.4. The van der Waals surface area contributed by atoms with Gasteiger partial charge in [-0.05, 0) is 59.0 Å². The van der Waals surface area contributed by atoms with E-state index in [2.05, 4.69) is 62.2 Å². The van der Waals surface area contributed by atoms with E-state index in [-0.39, 0.29) is 5.41 Å². The average Bonchev–Trinajstić information content (AvgIpc) is 3.31. The number of furan rings is 2. The molecule has 152 valence electrons. The number of rotatable bonds is 1. The van der Waals surface area contributed by atoms with Crippen LogP contribution in [0.5, 0.6) is 0 Å². The number of aryl methyl sites for hydroxylation is 1. The molecule has 6 rings (SSSR count). The molecule has 0 aliphatic rings. The second-order valence-corrected chi connectivity index (χ2v) is 9.21. The maximum atomic E-state index is 6.11. The predicted octanol–water partition coefficient (Wildman–Crippen LogP) is 7.55. The van der Waals surface area contributed by atoms with Crippen molar-refractivity contribution in [1.82, 2.24) is 9.97 Å². The SMILES string of the molecule is Cc1cc2ccc3oc4ncnc(-c5cc(C(C)(C)C)c6ccccc6c5)c4c3c2o1. The first kappa shape index (κ1) is 18.1. The molecule has 0 spiro atoms. The molecule has 0 atom stereocenters. The van der Waals surface area contributed by atoms with Crippen molar-refractivity contribution >= 4 is 43.8 Å². The van der Waals surface area contributed by atoms with Gasteiger partial charge < -0.3 is 8.83 Å². The summed E-state index contributed by atoms with van der Waals surface area (Å²) in [5.74, 6) is 0.871. The molecule has 0 unspecified atom stereocenters. The van der Waals surface area contributed by atoms with Crippen molar-refractivity contribution in [3.8, 4) is 11.3 Å². The summed E-state index contributed by atoms with van der Waals surface area (Å²) in [4.78, 5) is 9.16. The highest BCUT2D eigenvalue weighted by molar-refractivity contribution is 6.20. The lowest BCUT2D eigenvalue weighted by Gasteiger charge is -2.22. The van der Waals surface area contributed by atoms with Crippen LogP contribution in [0.3, 0.4) is 0 Å². The van der Waals surface area contributed by atoms with Gasteiger partial charge in [0, 0.05) is 10.9 Å². The minimum absolute atomic E-state index is 0.00832. The van der Waals surface area contributed by atoms with Crippen LogP contribution < -0.4 is 0 Å². The van der Waals surface area contributed by atoms with Crippen molar-refractivity contribution in [2.24, 2.45) is 0 Å². The summed E-state index contributed by atoms with van der Waals surface area (Å²) in [6.07, 6.45) is 1.58. The van der Waals surface area contributed by atoms with Crippen molar-refractivity contribution in [3.05, 3.63) is 72.2 Å². The highest BCUT2D eigenvalue weighted by Gasteiger charge is 2.22. The molecule has 0 N–H and O–H groups in total. The van der Waals surface area contributed by atoms with Gasteiger partial charge in [0.15, 0.2) is 0 Å². The lowest BCUT2D eigenvalue weighted by molar-refractivity contribution is 0.581. The fourth-order valence-corrected chi connectivity index (χ4v) is 4.60. The molecule has 4 heteroatoms. The van der Waals surface area contributed by atoms with Crippen molar-refractivity contribution in [2.45, 2.75) is 33.1 Å². The van der Waals surface area contributed by atoms with E-state index >= 15 is 0 Å². The maximum Gasteiger partial charge on any atom is 0.231 e. The Balaban J connectivity index is 1.76. The zero-order valence-electron chi connectivity index (χ0n) is 18.0. The first-order valence-corrected chi connectivity index (χ1v) is 10.5. The Kier molecular flexibility index (Phi) is 3.61. The molecule has 0 radical (unpaired) electrons. The van der Waals surface area contributed by atoms with Crippen LogP contribution in [0.15, 0.2) is 69.8 Å². The first-order valence-electron chi connectivity index (χ1n) is 10.5. The summed E-state index contributed by atoms with van der Waals surface area (Å²) >= 11 is 0. The fraction of sp³-hybridized carbons (Fsp3) is 0.185. The first-order chi connectivity index (χ1) is 14.9. The molecule has 4 nitrogen and oxygen atoms in total. The molecule has 0 aliphatic carbocycles. The number of nitrogens with zero attached hydrogens (tertiary/aromatic N) is 2. The third-order valence-electron chi connectivity index (χ3n) is 5.98. The van der Waals surface area contributed by atoms with E-state index in [4.69, 9.17) is 13.8 Å². The topological polar surface area (TPSA) is 52.1 Å². The molecule has 0 saturated carbocycles. The van der Waals surface area contributed by atoms with Crippen molar-refractivity contribution < 1.29 is 8.83 Å². The molecule has 0 bridgehead atoms. The van der Waals surface area contributed by atoms with Crippen LogP contribution in [-0.4, -0.2) is 9.97 Å². The summed E-state index contributed by atoms with van der Waals surface area (Å²) in [5, 5.41) is 5.35. The van der Waals surface area contributed by atoms with Gasteiger partial charge in [0.1, 0.15) is 23.3 Å². The molecule has 0 amide bonds. The molecule has 3 aromatic heterocycles. The van der Waals surface area contributed by atoms with Gasteiger partial charge in [-0.3, -0.25) is 0 Å². The lowest BCUT2D eigenvalue weighted by atomic mass is 9.82. The average molecular weight is 406 g/mol. The van der Waals surface area contributed by atoms with Crippen LogP contribution in [0, 0.1) is 6.92 Å². The zero-order chi connectivity index (χ0) is 21.3. The van der Waals surface area contributed by atoms with Gasteiger partial charge in [-0.25, -0.2) is 9.97 Å². The van der Waals surface area contributed by atoms with Crippen molar-refractivity contribution in [3.63, 3.8) is 0 Å². The molecular formula is C27H22N2O2. The highest BCUT2D eigenvalue weighted by Crippen LogP contribution is 2.41. The smallest absolute Gasteiger partial charge is 0.231 e. The number of hydrogen-bond acceptors (Lipinski definition) is 4.